The first-order valence-electron chi connectivity index (χ1n) is 5.82. The maximum Gasteiger partial charge on any atom is 0.131 e. The first kappa shape index (κ1) is 10.3. The Morgan fingerprint density at radius 1 is 1.40 bits per heavy atom. The molecule has 1 aliphatic carbocycles. The lowest BCUT2D eigenvalue weighted by Crippen LogP contribution is -2.26. The van der Waals surface area contributed by atoms with Crippen molar-refractivity contribution in [2.75, 3.05) is 23.3 Å². The summed E-state index contributed by atoms with van der Waals surface area (Å²) in [5.41, 5.74) is 0. The molecule has 0 aromatic carbocycles. The number of rotatable bonds is 5. The topological polar surface area (TPSA) is 28.2 Å². The maximum absolute atomic E-state index is 4.61. The summed E-state index contributed by atoms with van der Waals surface area (Å²) < 4.78 is 0. The molecule has 0 radical (unpaired) electrons. The van der Waals surface area contributed by atoms with Crippen LogP contribution < -0.4 is 10.2 Å². The molecule has 1 N–H and O–H groups in total. The van der Waals surface area contributed by atoms with Crippen molar-refractivity contribution >= 4 is 11.6 Å². The second-order valence-electron chi connectivity index (χ2n) is 3.93. The average Bonchev–Trinajstić information content (AvgIpc) is 3.04. The monoisotopic (exact) mass is 205 g/mol. The smallest absolute Gasteiger partial charge is 0.131 e. The van der Waals surface area contributed by atoms with E-state index in [9.17, 15) is 0 Å². The highest BCUT2D eigenvalue weighted by atomic mass is 15.2. The van der Waals surface area contributed by atoms with Gasteiger partial charge in [0.05, 0.1) is 0 Å². The number of aromatic nitrogens is 1. The van der Waals surface area contributed by atoms with Crippen LogP contribution in [0.2, 0.25) is 0 Å². The molecular formula is C12H19N3. The highest BCUT2D eigenvalue weighted by Crippen LogP contribution is 2.30. The third kappa shape index (κ3) is 2.41. The highest BCUT2D eigenvalue weighted by Gasteiger charge is 2.28. The summed E-state index contributed by atoms with van der Waals surface area (Å²) in [6, 6.07) is 6.93. The SMILES string of the molecule is CCNc1cccc(N(CC)C2CC2)n1. The third-order valence-corrected chi connectivity index (χ3v) is 2.71. The molecule has 82 valence electrons. The van der Waals surface area contributed by atoms with Crippen LogP contribution in [0.1, 0.15) is 26.7 Å². The van der Waals surface area contributed by atoms with E-state index in [1.54, 1.807) is 0 Å². The van der Waals surface area contributed by atoms with Crippen molar-refractivity contribution in [3.63, 3.8) is 0 Å². The summed E-state index contributed by atoms with van der Waals surface area (Å²) >= 11 is 0. The van der Waals surface area contributed by atoms with Crippen LogP contribution in [0.5, 0.6) is 0 Å². The van der Waals surface area contributed by atoms with Crippen LogP contribution in [0.3, 0.4) is 0 Å². The molecule has 0 spiro atoms. The van der Waals surface area contributed by atoms with Gasteiger partial charge in [-0.25, -0.2) is 4.98 Å². The Morgan fingerprint density at radius 2 is 2.20 bits per heavy atom. The Balaban J connectivity index is 2.14. The first-order chi connectivity index (χ1) is 7.35. The summed E-state index contributed by atoms with van der Waals surface area (Å²) in [6.45, 7) is 6.26. The first-order valence-corrected chi connectivity index (χ1v) is 5.82. The molecular weight excluding hydrogens is 186 g/mol. The Labute approximate surface area is 91.5 Å². The van der Waals surface area contributed by atoms with Crippen LogP contribution >= 0.6 is 0 Å². The van der Waals surface area contributed by atoms with Crippen molar-refractivity contribution in [2.45, 2.75) is 32.7 Å². The fourth-order valence-corrected chi connectivity index (χ4v) is 1.86. The predicted molar refractivity (Wildman–Crippen MR) is 64.4 cm³/mol. The van der Waals surface area contributed by atoms with Gasteiger partial charge in [0.2, 0.25) is 0 Å². The Hall–Kier alpha value is -1.25. The van der Waals surface area contributed by atoms with E-state index in [4.69, 9.17) is 0 Å². The van der Waals surface area contributed by atoms with Crippen LogP contribution in [-0.2, 0) is 0 Å². The van der Waals surface area contributed by atoms with Gasteiger partial charge in [0, 0.05) is 19.1 Å². The predicted octanol–water partition coefficient (Wildman–Crippen LogP) is 2.50. The second-order valence-corrected chi connectivity index (χ2v) is 3.93. The lowest BCUT2D eigenvalue weighted by Gasteiger charge is -2.21. The van der Waals surface area contributed by atoms with E-state index in [1.165, 1.54) is 12.8 Å². The van der Waals surface area contributed by atoms with E-state index in [2.05, 4.69) is 41.2 Å². The van der Waals surface area contributed by atoms with Crippen molar-refractivity contribution < 1.29 is 0 Å². The molecule has 0 atom stereocenters. The Kier molecular flexibility index (Phi) is 3.09. The number of hydrogen-bond acceptors (Lipinski definition) is 3. The van der Waals surface area contributed by atoms with Gasteiger partial charge < -0.3 is 10.2 Å². The van der Waals surface area contributed by atoms with Crippen LogP contribution in [0.25, 0.3) is 0 Å². The molecule has 3 nitrogen and oxygen atoms in total. The molecule has 2 rings (SSSR count). The van der Waals surface area contributed by atoms with Gasteiger partial charge in [0.1, 0.15) is 11.6 Å². The molecule has 0 aliphatic heterocycles. The largest absolute Gasteiger partial charge is 0.370 e. The molecule has 1 fully saturated rings. The second kappa shape index (κ2) is 4.51. The van der Waals surface area contributed by atoms with Gasteiger partial charge in [-0.15, -0.1) is 0 Å². The van der Waals surface area contributed by atoms with E-state index >= 15 is 0 Å². The van der Waals surface area contributed by atoms with Gasteiger partial charge in [0.25, 0.3) is 0 Å². The third-order valence-electron chi connectivity index (χ3n) is 2.71. The van der Waals surface area contributed by atoms with Crippen molar-refractivity contribution in [2.24, 2.45) is 0 Å². The molecule has 0 amide bonds. The minimum Gasteiger partial charge on any atom is -0.370 e. The van der Waals surface area contributed by atoms with Gasteiger partial charge in [0.15, 0.2) is 0 Å². The van der Waals surface area contributed by atoms with Gasteiger partial charge in [-0.3, -0.25) is 0 Å². The molecule has 1 saturated carbocycles. The van der Waals surface area contributed by atoms with Crippen LogP contribution in [0, 0.1) is 0 Å². The van der Waals surface area contributed by atoms with Crippen LogP contribution in [0.4, 0.5) is 11.6 Å². The van der Waals surface area contributed by atoms with Crippen molar-refractivity contribution in [3.05, 3.63) is 18.2 Å². The molecule has 3 heteroatoms. The van der Waals surface area contributed by atoms with E-state index in [1.807, 2.05) is 6.07 Å². The standard InChI is InChI=1S/C12H19N3/c1-3-13-11-6-5-7-12(14-11)15(4-2)10-8-9-10/h5-7,10H,3-4,8-9H2,1-2H3,(H,13,14). The van der Waals surface area contributed by atoms with Crippen molar-refractivity contribution in [1.29, 1.82) is 0 Å². The van der Waals surface area contributed by atoms with E-state index in [-0.39, 0.29) is 0 Å². The minimum atomic E-state index is 0.736. The number of nitrogens with one attached hydrogen (secondary N) is 1. The number of anilines is 2. The Bertz CT molecular complexity index is 320. The Morgan fingerprint density at radius 3 is 2.80 bits per heavy atom. The highest BCUT2D eigenvalue weighted by molar-refractivity contribution is 5.48. The van der Waals surface area contributed by atoms with Gasteiger partial charge in [-0.1, -0.05) is 6.07 Å². The van der Waals surface area contributed by atoms with Crippen molar-refractivity contribution in [3.8, 4) is 0 Å². The summed E-state index contributed by atoms with van der Waals surface area (Å²) in [4.78, 5) is 7.00. The fraction of sp³-hybridized carbons (Fsp3) is 0.583. The molecule has 0 unspecified atom stereocenters. The van der Waals surface area contributed by atoms with E-state index in [0.717, 1.165) is 30.8 Å². The zero-order valence-electron chi connectivity index (χ0n) is 9.53. The average molecular weight is 205 g/mol. The molecule has 1 aliphatic rings. The lowest BCUT2D eigenvalue weighted by molar-refractivity contribution is 0.809. The number of nitrogens with zero attached hydrogens (tertiary/aromatic N) is 2. The van der Waals surface area contributed by atoms with Crippen molar-refractivity contribution in [1.82, 2.24) is 4.98 Å². The van der Waals surface area contributed by atoms with Crippen LogP contribution in [-0.4, -0.2) is 24.1 Å². The zero-order valence-corrected chi connectivity index (χ0v) is 9.53. The van der Waals surface area contributed by atoms with E-state index in [0.29, 0.717) is 0 Å². The number of pyridine rings is 1. The molecule has 0 bridgehead atoms. The summed E-state index contributed by atoms with van der Waals surface area (Å²) in [6.07, 6.45) is 2.64. The maximum atomic E-state index is 4.61. The molecule has 1 aromatic rings. The quantitative estimate of drug-likeness (QED) is 0.800. The molecule has 1 heterocycles. The van der Waals surface area contributed by atoms with Gasteiger partial charge in [-0.05, 0) is 38.8 Å². The minimum absolute atomic E-state index is 0.736. The van der Waals surface area contributed by atoms with Crippen LogP contribution in [0.15, 0.2) is 18.2 Å². The zero-order chi connectivity index (χ0) is 10.7. The van der Waals surface area contributed by atoms with E-state index < -0.39 is 0 Å². The number of hydrogen-bond donors (Lipinski definition) is 1. The summed E-state index contributed by atoms with van der Waals surface area (Å²) in [5.74, 6) is 2.09. The van der Waals surface area contributed by atoms with Gasteiger partial charge >= 0.3 is 0 Å². The normalized spacial score (nSPS) is 15.1. The summed E-state index contributed by atoms with van der Waals surface area (Å²) in [5, 5.41) is 3.25. The molecule has 0 saturated heterocycles. The molecule has 15 heavy (non-hydrogen) atoms. The summed E-state index contributed by atoms with van der Waals surface area (Å²) in [7, 11) is 0. The lowest BCUT2D eigenvalue weighted by atomic mass is 10.4. The van der Waals surface area contributed by atoms with Gasteiger partial charge in [-0.2, -0.15) is 0 Å². The fourth-order valence-electron chi connectivity index (χ4n) is 1.86. The molecule has 1 aromatic heterocycles.